The third kappa shape index (κ3) is 6.83. The smallest absolute Gasteiger partial charge is 0.422 e. The number of aromatic nitrogens is 1. The quantitative estimate of drug-likeness (QED) is 0.510. The van der Waals surface area contributed by atoms with Crippen LogP contribution in [0.5, 0.6) is 5.75 Å². The predicted octanol–water partition coefficient (Wildman–Crippen LogP) is 5.57. The highest BCUT2D eigenvalue weighted by Gasteiger charge is 2.28. The number of hydrogen-bond acceptors (Lipinski definition) is 4. The second-order valence-corrected chi connectivity index (χ2v) is 7.11. The lowest BCUT2D eigenvalue weighted by atomic mass is 10.2. The van der Waals surface area contributed by atoms with Crippen molar-refractivity contribution in [1.82, 2.24) is 4.98 Å². The molecule has 0 atom stereocenters. The van der Waals surface area contributed by atoms with E-state index in [1.165, 1.54) is 24.3 Å². The minimum atomic E-state index is -4.39. The first-order valence-corrected chi connectivity index (χ1v) is 9.60. The number of nitrogens with zero attached hydrogens (tertiary/aromatic N) is 1. The maximum atomic E-state index is 12.3. The Morgan fingerprint density at radius 3 is 2.38 bits per heavy atom. The lowest BCUT2D eigenvalue weighted by Crippen LogP contribution is -2.19. The van der Waals surface area contributed by atoms with Gasteiger partial charge in [0.15, 0.2) is 6.61 Å². The molecule has 150 valence electrons. The van der Waals surface area contributed by atoms with Crippen molar-refractivity contribution >= 4 is 23.4 Å². The van der Waals surface area contributed by atoms with Crippen LogP contribution in [0.4, 0.5) is 18.9 Å². The van der Waals surface area contributed by atoms with Gasteiger partial charge in [-0.15, -0.1) is 11.8 Å². The number of nitrogens with one attached hydrogen (secondary N) is 1. The number of carbonyl (C=O) groups excluding carboxylic acids is 1. The fourth-order valence-electron chi connectivity index (χ4n) is 2.36. The van der Waals surface area contributed by atoms with Crippen LogP contribution in [-0.4, -0.2) is 23.7 Å². The standard InChI is InChI=1S/C21H17F3N2O2S/c22-21(23,24)14-28-18-7-5-17(6-8-18)26-20(27)16-3-9-19(10-4-16)29-13-15-2-1-11-25-12-15/h1-12H,13-14H2,(H,26,27). The Labute approximate surface area is 170 Å². The van der Waals surface area contributed by atoms with Gasteiger partial charge in [0.2, 0.25) is 0 Å². The number of benzene rings is 2. The van der Waals surface area contributed by atoms with Crippen LogP contribution in [0.15, 0.2) is 78.0 Å². The molecule has 0 aliphatic rings. The number of carbonyl (C=O) groups is 1. The molecule has 0 aliphatic carbocycles. The molecule has 4 nitrogen and oxygen atoms in total. The molecule has 0 unspecified atom stereocenters. The zero-order chi connectivity index (χ0) is 20.7. The third-order valence-electron chi connectivity index (χ3n) is 3.76. The number of pyridine rings is 1. The van der Waals surface area contributed by atoms with Crippen LogP contribution < -0.4 is 10.1 Å². The molecule has 3 rings (SSSR count). The van der Waals surface area contributed by atoms with Crippen LogP contribution in [0.3, 0.4) is 0 Å². The number of anilines is 1. The van der Waals surface area contributed by atoms with Gasteiger partial charge in [0, 0.05) is 34.3 Å². The summed E-state index contributed by atoms with van der Waals surface area (Å²) in [5.41, 5.74) is 2.06. The largest absolute Gasteiger partial charge is 0.484 e. The summed E-state index contributed by atoms with van der Waals surface area (Å²) in [5.74, 6) is 0.551. The Morgan fingerprint density at radius 1 is 1.03 bits per heavy atom. The summed E-state index contributed by atoms with van der Waals surface area (Å²) in [7, 11) is 0. The Balaban J connectivity index is 1.52. The van der Waals surface area contributed by atoms with Crippen LogP contribution in [0.25, 0.3) is 0 Å². The zero-order valence-corrected chi connectivity index (χ0v) is 16.0. The SMILES string of the molecule is O=C(Nc1ccc(OCC(F)(F)F)cc1)c1ccc(SCc2cccnc2)cc1. The van der Waals surface area contributed by atoms with Crippen LogP contribution in [0.2, 0.25) is 0 Å². The van der Waals surface area contributed by atoms with Crippen molar-refractivity contribution in [3.8, 4) is 5.75 Å². The second kappa shape index (κ2) is 9.47. The van der Waals surface area contributed by atoms with Crippen molar-refractivity contribution in [2.24, 2.45) is 0 Å². The van der Waals surface area contributed by atoms with E-state index >= 15 is 0 Å². The highest BCUT2D eigenvalue weighted by atomic mass is 32.2. The minimum absolute atomic E-state index is 0.0790. The van der Waals surface area contributed by atoms with Crippen molar-refractivity contribution in [3.05, 3.63) is 84.2 Å². The summed E-state index contributed by atoms with van der Waals surface area (Å²) in [6.45, 7) is -1.36. The predicted molar refractivity (Wildman–Crippen MR) is 106 cm³/mol. The summed E-state index contributed by atoms with van der Waals surface area (Å²) in [5, 5.41) is 2.70. The minimum Gasteiger partial charge on any atom is -0.484 e. The summed E-state index contributed by atoms with van der Waals surface area (Å²) in [6.07, 6.45) is -0.853. The number of alkyl halides is 3. The molecule has 0 bridgehead atoms. The van der Waals surface area contributed by atoms with Gasteiger partial charge < -0.3 is 10.1 Å². The fraction of sp³-hybridized carbons (Fsp3) is 0.143. The van der Waals surface area contributed by atoms with Gasteiger partial charge in [0.25, 0.3) is 5.91 Å². The van der Waals surface area contributed by atoms with E-state index in [1.54, 1.807) is 30.1 Å². The van der Waals surface area contributed by atoms with E-state index in [2.05, 4.69) is 15.0 Å². The van der Waals surface area contributed by atoms with Gasteiger partial charge in [-0.25, -0.2) is 0 Å². The molecule has 2 aromatic carbocycles. The van der Waals surface area contributed by atoms with Crippen molar-refractivity contribution in [2.45, 2.75) is 16.8 Å². The molecule has 0 saturated carbocycles. The van der Waals surface area contributed by atoms with Crippen molar-refractivity contribution in [1.29, 1.82) is 0 Å². The molecule has 0 fully saturated rings. The van der Waals surface area contributed by atoms with E-state index < -0.39 is 12.8 Å². The molecule has 0 spiro atoms. The summed E-state index contributed by atoms with van der Waals surface area (Å²) in [4.78, 5) is 17.4. The van der Waals surface area contributed by atoms with Gasteiger partial charge in [-0.3, -0.25) is 9.78 Å². The van der Waals surface area contributed by atoms with Crippen molar-refractivity contribution in [2.75, 3.05) is 11.9 Å². The van der Waals surface area contributed by atoms with Crippen molar-refractivity contribution in [3.63, 3.8) is 0 Å². The molecule has 0 aliphatic heterocycles. The van der Waals surface area contributed by atoms with Gasteiger partial charge in [0.1, 0.15) is 5.75 Å². The Kier molecular flexibility index (Phi) is 6.77. The molecule has 8 heteroatoms. The number of ether oxygens (including phenoxy) is 1. The molecule has 0 saturated heterocycles. The molecular weight excluding hydrogens is 401 g/mol. The molecule has 29 heavy (non-hydrogen) atoms. The normalized spacial score (nSPS) is 11.1. The highest BCUT2D eigenvalue weighted by Crippen LogP contribution is 2.24. The van der Waals surface area contributed by atoms with Gasteiger partial charge in [-0.1, -0.05) is 6.07 Å². The molecule has 1 amide bonds. The average molecular weight is 418 g/mol. The molecule has 3 aromatic rings. The number of hydrogen-bond donors (Lipinski definition) is 1. The molecule has 1 heterocycles. The van der Waals surface area contributed by atoms with E-state index in [0.29, 0.717) is 11.3 Å². The lowest BCUT2D eigenvalue weighted by Gasteiger charge is -2.10. The van der Waals surface area contributed by atoms with Crippen LogP contribution in [0.1, 0.15) is 15.9 Å². The summed E-state index contributed by atoms with van der Waals surface area (Å²) >= 11 is 1.64. The van der Waals surface area contributed by atoms with Gasteiger partial charge in [-0.2, -0.15) is 13.2 Å². The maximum absolute atomic E-state index is 12.3. The Hall–Kier alpha value is -3.00. The maximum Gasteiger partial charge on any atom is 0.422 e. The van der Waals surface area contributed by atoms with E-state index in [-0.39, 0.29) is 11.7 Å². The molecular formula is C21H17F3N2O2S. The van der Waals surface area contributed by atoms with E-state index in [0.717, 1.165) is 16.2 Å². The van der Waals surface area contributed by atoms with Crippen LogP contribution >= 0.6 is 11.8 Å². The topological polar surface area (TPSA) is 51.2 Å². The van der Waals surface area contributed by atoms with E-state index in [1.807, 2.05) is 30.5 Å². The average Bonchev–Trinajstić information content (AvgIpc) is 2.72. The van der Waals surface area contributed by atoms with Crippen molar-refractivity contribution < 1.29 is 22.7 Å². The number of amides is 1. The Bertz CT molecular complexity index is 931. The van der Waals surface area contributed by atoms with E-state index in [9.17, 15) is 18.0 Å². The second-order valence-electron chi connectivity index (χ2n) is 6.06. The third-order valence-corrected chi connectivity index (χ3v) is 4.84. The zero-order valence-electron chi connectivity index (χ0n) is 15.1. The first-order chi connectivity index (χ1) is 13.9. The number of thioether (sulfide) groups is 1. The number of halogens is 3. The highest BCUT2D eigenvalue weighted by molar-refractivity contribution is 7.98. The number of rotatable bonds is 7. The van der Waals surface area contributed by atoms with Gasteiger partial charge in [-0.05, 0) is 60.2 Å². The first-order valence-electron chi connectivity index (χ1n) is 8.62. The van der Waals surface area contributed by atoms with Gasteiger partial charge >= 0.3 is 6.18 Å². The molecule has 1 N–H and O–H groups in total. The van der Waals surface area contributed by atoms with Crippen LogP contribution in [-0.2, 0) is 5.75 Å². The first kappa shape index (κ1) is 20.7. The molecule has 1 aromatic heterocycles. The van der Waals surface area contributed by atoms with Gasteiger partial charge in [0.05, 0.1) is 0 Å². The monoisotopic (exact) mass is 418 g/mol. The summed E-state index contributed by atoms with van der Waals surface area (Å²) in [6, 6.07) is 16.8. The fourth-order valence-corrected chi connectivity index (χ4v) is 3.19. The Morgan fingerprint density at radius 2 is 1.76 bits per heavy atom. The lowest BCUT2D eigenvalue weighted by molar-refractivity contribution is -0.153. The van der Waals surface area contributed by atoms with Crippen LogP contribution in [0, 0.1) is 0 Å². The summed E-state index contributed by atoms with van der Waals surface area (Å²) < 4.78 is 41.1. The molecule has 0 radical (unpaired) electrons. The van der Waals surface area contributed by atoms with E-state index in [4.69, 9.17) is 0 Å².